The maximum Gasteiger partial charge on any atom is 0.223 e. The van der Waals surface area contributed by atoms with Crippen molar-refractivity contribution in [3.8, 4) is 0 Å². The van der Waals surface area contributed by atoms with Gasteiger partial charge in [0.15, 0.2) is 0 Å². The van der Waals surface area contributed by atoms with Crippen LogP contribution in [0.4, 0.5) is 0 Å². The first-order chi connectivity index (χ1) is 17.1. The van der Waals surface area contributed by atoms with E-state index in [-0.39, 0.29) is 17.4 Å². The summed E-state index contributed by atoms with van der Waals surface area (Å²) in [5.41, 5.74) is 10.9. The van der Waals surface area contributed by atoms with Crippen molar-refractivity contribution in [1.29, 1.82) is 0 Å². The molecule has 4 N–H and O–H groups in total. The number of amides is 2. The summed E-state index contributed by atoms with van der Waals surface area (Å²) in [5, 5.41) is 0. The fraction of sp³-hybridized carbons (Fsp3) is 0.938. The van der Waals surface area contributed by atoms with Crippen molar-refractivity contribution in [1.82, 2.24) is 9.80 Å². The minimum Gasteiger partial charge on any atom is -0.369 e. The summed E-state index contributed by atoms with van der Waals surface area (Å²) in [4.78, 5) is 28.9. The zero-order valence-corrected chi connectivity index (χ0v) is 26.9. The van der Waals surface area contributed by atoms with Gasteiger partial charge in [-0.1, -0.05) is 55.4 Å². The lowest BCUT2D eigenvalue weighted by Crippen LogP contribution is -2.53. The lowest BCUT2D eigenvalue weighted by atomic mass is 9.60. The largest absolute Gasteiger partial charge is 0.369 e. The van der Waals surface area contributed by atoms with E-state index in [9.17, 15) is 9.59 Å². The summed E-state index contributed by atoms with van der Waals surface area (Å²) < 4.78 is 0. The number of carbonyl (C=O) groups excluding carboxylic acids is 2. The van der Waals surface area contributed by atoms with E-state index in [1.165, 1.54) is 32.1 Å². The fourth-order valence-electron chi connectivity index (χ4n) is 8.10. The molecule has 6 nitrogen and oxygen atoms in total. The first kappa shape index (κ1) is 33.1. The smallest absolute Gasteiger partial charge is 0.223 e. The van der Waals surface area contributed by atoms with E-state index in [2.05, 4.69) is 58.3 Å². The summed E-state index contributed by atoms with van der Waals surface area (Å²) in [7, 11) is 0. The number of hydrogen-bond donors (Lipinski definition) is 2. The molecule has 2 fully saturated rings. The first-order valence-corrected chi connectivity index (χ1v) is 15.2. The van der Waals surface area contributed by atoms with E-state index < -0.39 is 10.8 Å². The van der Waals surface area contributed by atoms with Gasteiger partial charge in [-0.2, -0.15) is 0 Å². The molecule has 38 heavy (non-hydrogen) atoms. The molecule has 0 spiro atoms. The average Bonchev–Trinajstić information content (AvgIpc) is 2.77. The van der Waals surface area contributed by atoms with Crippen molar-refractivity contribution in [2.24, 2.45) is 45.0 Å². The molecule has 2 amide bonds. The Hall–Kier alpha value is -1.14. The van der Waals surface area contributed by atoms with Crippen LogP contribution in [0.3, 0.4) is 0 Å². The maximum absolute atomic E-state index is 11.9. The van der Waals surface area contributed by atoms with Crippen molar-refractivity contribution < 1.29 is 9.59 Å². The van der Waals surface area contributed by atoms with Gasteiger partial charge in [-0.25, -0.2) is 0 Å². The normalized spacial score (nSPS) is 21.4. The van der Waals surface area contributed by atoms with E-state index in [0.29, 0.717) is 22.8 Å². The molecule has 2 aliphatic heterocycles. The number of primary amides is 2. The van der Waals surface area contributed by atoms with Gasteiger partial charge in [0.05, 0.1) is 0 Å². The predicted molar refractivity (Wildman–Crippen MR) is 159 cm³/mol. The molecule has 1 atom stereocenters. The summed E-state index contributed by atoms with van der Waals surface area (Å²) >= 11 is 0. The monoisotopic (exact) mass is 534 g/mol. The molecule has 0 bridgehead atoms. The van der Waals surface area contributed by atoms with Crippen LogP contribution < -0.4 is 11.5 Å². The molecule has 1 unspecified atom stereocenters. The lowest BCUT2D eigenvalue weighted by Gasteiger charge is -2.51. The second kappa shape index (κ2) is 11.8. The molecule has 0 aromatic rings. The maximum atomic E-state index is 11.9. The average molecular weight is 535 g/mol. The summed E-state index contributed by atoms with van der Waals surface area (Å²) in [6, 6.07) is 0.376. The highest BCUT2D eigenvalue weighted by atomic mass is 16.1. The van der Waals surface area contributed by atoms with Crippen molar-refractivity contribution in [2.75, 3.05) is 26.2 Å². The Bertz CT molecular complexity index is 813. The van der Waals surface area contributed by atoms with E-state index in [1.807, 2.05) is 27.7 Å². The van der Waals surface area contributed by atoms with Gasteiger partial charge >= 0.3 is 0 Å². The number of likely N-dealkylation sites (tertiary alicyclic amines) is 2. The van der Waals surface area contributed by atoms with Crippen molar-refractivity contribution in [3.63, 3.8) is 0 Å². The molecule has 0 radical (unpaired) electrons. The molecule has 0 saturated carbocycles. The third-order valence-electron chi connectivity index (χ3n) is 10.6. The Morgan fingerprint density at radius 1 is 0.684 bits per heavy atom. The number of carbonyl (C=O) groups is 2. The number of nitrogens with zero attached hydrogens (tertiary/aromatic N) is 2. The number of rotatable bonds is 12. The summed E-state index contributed by atoms with van der Waals surface area (Å²) in [5.74, 6) is 1.03. The van der Waals surface area contributed by atoms with Gasteiger partial charge in [0, 0.05) is 22.4 Å². The van der Waals surface area contributed by atoms with Gasteiger partial charge in [-0.05, 0) is 115 Å². The van der Waals surface area contributed by atoms with Gasteiger partial charge in [0.2, 0.25) is 11.8 Å². The molecule has 2 heterocycles. The van der Waals surface area contributed by atoms with Crippen LogP contribution in [0.15, 0.2) is 0 Å². The SMILES string of the molecule is CC(CC(C)(C)C(N)=O)N1CCC(C(C)(C)CC(C)(C)C2CCN(C(C)(C)CC(C)(C)C(N)=O)CC2)CC1. The van der Waals surface area contributed by atoms with E-state index >= 15 is 0 Å². The standard InChI is InChI=1S/C32H62N4O2/c1-23(20-28(2,3)26(33)37)35-16-12-24(13-17-35)29(4,5)21-30(6,7)25-14-18-36(19-15-25)32(10,11)22-31(8,9)27(34)38/h23-25H,12-22H2,1-11H3,(H2,33,37)(H2,34,38). The van der Waals surface area contributed by atoms with Crippen molar-refractivity contribution in [2.45, 2.75) is 133 Å². The van der Waals surface area contributed by atoms with E-state index in [1.54, 1.807) is 0 Å². The molecule has 6 heteroatoms. The second-order valence-electron chi connectivity index (χ2n) is 16.3. The predicted octanol–water partition coefficient (Wildman–Crippen LogP) is 5.82. The molecule has 0 aromatic carbocycles. The Morgan fingerprint density at radius 3 is 1.47 bits per heavy atom. The van der Waals surface area contributed by atoms with Crippen LogP contribution in [-0.2, 0) is 9.59 Å². The molecular formula is C32H62N4O2. The quantitative estimate of drug-likeness (QED) is 0.330. The zero-order valence-electron chi connectivity index (χ0n) is 26.9. The molecule has 2 rings (SSSR count). The van der Waals surface area contributed by atoms with Crippen LogP contribution in [0.25, 0.3) is 0 Å². The minimum atomic E-state index is -0.491. The van der Waals surface area contributed by atoms with Crippen LogP contribution in [0.1, 0.15) is 121 Å². The van der Waals surface area contributed by atoms with Crippen LogP contribution in [0, 0.1) is 33.5 Å². The minimum absolute atomic E-state index is 0.0370. The highest BCUT2D eigenvalue weighted by Gasteiger charge is 2.44. The van der Waals surface area contributed by atoms with E-state index in [0.717, 1.165) is 44.9 Å². The Labute approximate surface area is 235 Å². The van der Waals surface area contributed by atoms with Crippen LogP contribution in [0.2, 0.25) is 0 Å². The van der Waals surface area contributed by atoms with Gasteiger partial charge in [-0.15, -0.1) is 0 Å². The number of hydrogen-bond acceptors (Lipinski definition) is 4. The van der Waals surface area contributed by atoms with Gasteiger partial charge in [0.1, 0.15) is 0 Å². The van der Waals surface area contributed by atoms with Gasteiger partial charge in [-0.3, -0.25) is 14.5 Å². The summed E-state index contributed by atoms with van der Waals surface area (Å²) in [6.45, 7) is 29.1. The lowest BCUT2D eigenvalue weighted by molar-refractivity contribution is -0.128. The summed E-state index contributed by atoms with van der Waals surface area (Å²) in [6.07, 6.45) is 7.74. The highest BCUT2D eigenvalue weighted by Crippen LogP contribution is 2.49. The van der Waals surface area contributed by atoms with Crippen molar-refractivity contribution >= 4 is 11.8 Å². The second-order valence-corrected chi connectivity index (χ2v) is 16.3. The molecule has 0 aliphatic carbocycles. The topological polar surface area (TPSA) is 92.7 Å². The number of piperidine rings is 2. The third kappa shape index (κ3) is 8.19. The molecule has 2 aliphatic rings. The highest BCUT2D eigenvalue weighted by molar-refractivity contribution is 5.80. The first-order valence-electron chi connectivity index (χ1n) is 15.2. The molecule has 222 valence electrons. The fourth-order valence-corrected chi connectivity index (χ4v) is 8.10. The molecule has 2 saturated heterocycles. The Morgan fingerprint density at radius 2 is 1.08 bits per heavy atom. The third-order valence-corrected chi connectivity index (χ3v) is 10.6. The number of nitrogens with two attached hydrogens (primary N) is 2. The van der Waals surface area contributed by atoms with Crippen LogP contribution in [-0.4, -0.2) is 59.4 Å². The van der Waals surface area contributed by atoms with Crippen molar-refractivity contribution in [3.05, 3.63) is 0 Å². The zero-order chi connectivity index (χ0) is 29.3. The van der Waals surface area contributed by atoms with E-state index in [4.69, 9.17) is 11.5 Å². The van der Waals surface area contributed by atoms with Gasteiger partial charge < -0.3 is 16.4 Å². The molecular weight excluding hydrogens is 472 g/mol. The van der Waals surface area contributed by atoms with Crippen LogP contribution in [0.5, 0.6) is 0 Å². The van der Waals surface area contributed by atoms with Gasteiger partial charge in [0.25, 0.3) is 0 Å². The Kier molecular flexibility index (Phi) is 10.2. The Balaban J connectivity index is 1.92. The molecule has 0 aromatic heterocycles. The van der Waals surface area contributed by atoms with Crippen LogP contribution >= 0.6 is 0 Å².